The maximum Gasteiger partial charge on any atom is 0.407 e. The van der Waals surface area contributed by atoms with Gasteiger partial charge in [-0.25, -0.2) is 4.79 Å². The number of benzene rings is 1. The number of carboxylic acid groups (broad SMARTS) is 2. The SMILES string of the molecule is CC(C[C@H](Cc1ccc(OC(=O)CCCNC(=O)[C@@H](N)CCCCNC(=O)CCCOCCOCCNC(=O)CCCOCCOCCNC(=O)CC(=O)O)c(NC(=O)CCCNC(=O)[C@@H](N)CCCCNC(=O)CCCOCCOCCNC(=O)CCCOCCOCCNC(=O)CC(=O)O)c1)NC(=O)OC(C)(C)C)C(C)(C)C. The lowest BCUT2D eigenvalue weighted by Gasteiger charge is -2.32. The van der Waals surface area contributed by atoms with Crippen LogP contribution in [0.2, 0.25) is 0 Å². The Morgan fingerprint density at radius 1 is 0.400 bits per heavy atom. The minimum atomic E-state index is -1.20. The Hall–Kier alpha value is -8.27. The molecule has 0 bridgehead atoms. The molecule has 0 aliphatic carbocycles. The average Bonchev–Trinajstić information content (AvgIpc) is 0.835. The number of unbranched alkanes of at least 4 members (excludes halogenated alkanes) is 2. The van der Waals surface area contributed by atoms with Crippen molar-refractivity contribution in [1.82, 2.24) is 47.9 Å². The van der Waals surface area contributed by atoms with Gasteiger partial charge in [-0.1, -0.05) is 33.8 Å². The summed E-state index contributed by atoms with van der Waals surface area (Å²) in [6.07, 6.45) is 5.81. The number of carbonyl (C=O) groups is 13. The molecule has 0 aromatic heterocycles. The van der Waals surface area contributed by atoms with Crippen LogP contribution < -0.4 is 69.4 Å². The van der Waals surface area contributed by atoms with Gasteiger partial charge >= 0.3 is 24.0 Å². The van der Waals surface area contributed by atoms with E-state index in [2.05, 4.69) is 80.9 Å². The highest BCUT2D eigenvalue weighted by molar-refractivity contribution is 5.94. The molecule has 0 fully saturated rings. The zero-order chi connectivity index (χ0) is 85.3. The molecule has 16 N–H and O–H groups in total. The Labute approximate surface area is 677 Å². The molecule has 1 unspecified atom stereocenters. The van der Waals surface area contributed by atoms with Gasteiger partial charge in [0, 0.05) is 123 Å². The van der Waals surface area contributed by atoms with E-state index < -0.39 is 78.2 Å². The third-order valence-corrected chi connectivity index (χ3v) is 17.0. The summed E-state index contributed by atoms with van der Waals surface area (Å²) in [7, 11) is 0. The van der Waals surface area contributed by atoms with Crippen LogP contribution in [0.5, 0.6) is 5.75 Å². The van der Waals surface area contributed by atoms with Crippen molar-refractivity contribution in [1.29, 1.82) is 0 Å². The monoisotopic (exact) mass is 1640 g/mol. The number of carbonyl (C=O) groups excluding carboxylic acids is 11. The smallest absolute Gasteiger partial charge is 0.407 e. The Morgan fingerprint density at radius 3 is 1.12 bits per heavy atom. The molecular weight excluding hydrogens is 1500 g/mol. The van der Waals surface area contributed by atoms with Crippen LogP contribution in [0, 0.1) is 11.3 Å². The lowest BCUT2D eigenvalue weighted by Crippen LogP contribution is -2.42. The largest absolute Gasteiger partial charge is 0.481 e. The van der Waals surface area contributed by atoms with Gasteiger partial charge in [0.05, 0.1) is 97.1 Å². The summed E-state index contributed by atoms with van der Waals surface area (Å²) in [6, 6.07) is 3.03. The quantitative estimate of drug-likeness (QED) is 0.0193. The second-order valence-electron chi connectivity index (χ2n) is 29.5. The van der Waals surface area contributed by atoms with Crippen LogP contribution in [0.1, 0.15) is 189 Å². The normalized spacial score (nSPS) is 12.4. The van der Waals surface area contributed by atoms with Gasteiger partial charge in [0.15, 0.2) is 5.75 Å². The van der Waals surface area contributed by atoms with E-state index in [1.807, 2.05) is 0 Å². The summed E-state index contributed by atoms with van der Waals surface area (Å²) in [5.74, 6) is -5.67. The van der Waals surface area contributed by atoms with Crippen LogP contribution in [0.25, 0.3) is 0 Å². The second-order valence-corrected chi connectivity index (χ2v) is 29.5. The standard InChI is InChI=1S/C78H136N12O25/c1-57(77(2,3)4)52-59(89-76(105)115-78(5,6)7)53-58-26-27-63(114-73(102)25-13-31-88-75(104)61(80)19-9-11-29-82-65(92)22-15-37-107-45-49-111-41-33-84-67(94)24-17-39-109-47-51-113-43-35-86-70(97)56-72(100)101)62(54-58)90-68(95)20-12-30-87-74(103)60(79)18-8-10-28-81-64(91)21-14-36-106-44-48-110-40-32-83-66(93)23-16-38-108-46-50-112-42-34-85-69(96)55-71(98)99/h26-27,54,57,59-61H,8-25,28-53,55-56,79-80H2,1-7H3,(H,81,91)(H,82,92)(H,83,93)(H,84,94)(H,85,96)(H,86,97)(H,87,103)(H,88,104)(H,89,105)(H,90,95)(H,98,99)(H,100,101)/t57?,59-,60+,61+/m1/s1. The van der Waals surface area contributed by atoms with Crippen LogP contribution in [-0.2, 0) is 107 Å². The van der Waals surface area contributed by atoms with E-state index in [1.54, 1.807) is 39.0 Å². The van der Waals surface area contributed by atoms with E-state index in [-0.39, 0.29) is 149 Å². The molecule has 0 aliphatic rings. The predicted octanol–water partition coefficient (Wildman–Crippen LogP) is 2.73. The van der Waals surface area contributed by atoms with Gasteiger partial charge < -0.3 is 122 Å². The highest BCUT2D eigenvalue weighted by Gasteiger charge is 2.28. The van der Waals surface area contributed by atoms with E-state index in [1.165, 1.54) is 0 Å². The summed E-state index contributed by atoms with van der Waals surface area (Å²) in [5, 5.41) is 44.7. The first kappa shape index (κ1) is 105. The minimum Gasteiger partial charge on any atom is -0.481 e. The summed E-state index contributed by atoms with van der Waals surface area (Å²) in [5.41, 5.74) is 12.5. The molecule has 1 rings (SSSR count). The first-order chi connectivity index (χ1) is 54.8. The van der Waals surface area contributed by atoms with Gasteiger partial charge in [-0.2, -0.15) is 0 Å². The van der Waals surface area contributed by atoms with Crippen molar-refractivity contribution >= 4 is 82.9 Å². The molecule has 658 valence electrons. The Morgan fingerprint density at radius 2 is 0.748 bits per heavy atom. The number of amides is 10. The molecule has 0 saturated carbocycles. The fraction of sp³-hybridized carbons (Fsp3) is 0.756. The predicted molar refractivity (Wildman–Crippen MR) is 425 cm³/mol. The Kier molecular flexibility index (Phi) is 60.0. The molecule has 1 aromatic carbocycles. The molecule has 4 atom stereocenters. The van der Waals surface area contributed by atoms with Crippen molar-refractivity contribution in [3.05, 3.63) is 23.8 Å². The maximum atomic E-state index is 13.6. The lowest BCUT2D eigenvalue weighted by atomic mass is 9.78. The topological polar surface area (TPSA) is 527 Å². The second kappa shape index (κ2) is 65.8. The number of esters is 1. The van der Waals surface area contributed by atoms with Crippen molar-refractivity contribution in [3.8, 4) is 5.75 Å². The molecule has 0 heterocycles. The van der Waals surface area contributed by atoms with Gasteiger partial charge in [-0.05, 0) is 140 Å². The first-order valence-electron chi connectivity index (χ1n) is 40.2. The van der Waals surface area contributed by atoms with Gasteiger partial charge in [0.2, 0.25) is 53.2 Å². The fourth-order valence-corrected chi connectivity index (χ4v) is 10.3. The number of nitrogens with two attached hydrogens (primary N) is 2. The van der Waals surface area contributed by atoms with Crippen molar-refractivity contribution < 1.29 is 120 Å². The molecule has 115 heavy (non-hydrogen) atoms. The Bertz CT molecular complexity index is 2980. The maximum absolute atomic E-state index is 13.6. The number of hydrogen-bond acceptors (Lipinski definition) is 25. The van der Waals surface area contributed by atoms with Crippen molar-refractivity contribution in [3.63, 3.8) is 0 Å². The molecule has 37 heteroatoms. The van der Waals surface area contributed by atoms with Crippen LogP contribution in [0.15, 0.2) is 18.2 Å². The summed E-state index contributed by atoms with van der Waals surface area (Å²) >= 11 is 0. The zero-order valence-corrected chi connectivity index (χ0v) is 69.0. The summed E-state index contributed by atoms with van der Waals surface area (Å²) in [4.78, 5) is 158. The van der Waals surface area contributed by atoms with Crippen LogP contribution in [0.3, 0.4) is 0 Å². The zero-order valence-electron chi connectivity index (χ0n) is 69.0. The fourth-order valence-electron chi connectivity index (χ4n) is 10.3. The summed E-state index contributed by atoms with van der Waals surface area (Å²) in [6.45, 7) is 21.0. The molecular formula is C78H136N12O25. The number of hydrogen-bond donors (Lipinski definition) is 14. The first-order valence-corrected chi connectivity index (χ1v) is 40.2. The number of nitrogens with one attached hydrogen (secondary N) is 10. The van der Waals surface area contributed by atoms with E-state index in [0.717, 1.165) is 5.56 Å². The average molecular weight is 1640 g/mol. The van der Waals surface area contributed by atoms with Gasteiger partial charge in [-0.3, -0.25) is 57.5 Å². The number of ether oxygens (including phenoxy) is 10. The molecule has 0 saturated heterocycles. The minimum absolute atomic E-state index is 0.0166. The lowest BCUT2D eigenvalue weighted by molar-refractivity contribution is -0.142. The molecule has 0 aliphatic heterocycles. The van der Waals surface area contributed by atoms with E-state index in [9.17, 15) is 62.3 Å². The van der Waals surface area contributed by atoms with Crippen LogP contribution >= 0.6 is 0 Å². The van der Waals surface area contributed by atoms with Gasteiger partial charge in [0.25, 0.3) is 0 Å². The third kappa shape index (κ3) is 63.6. The highest BCUT2D eigenvalue weighted by Crippen LogP contribution is 2.32. The number of carboxylic acids is 2. The number of rotatable bonds is 71. The third-order valence-electron chi connectivity index (χ3n) is 17.0. The number of aliphatic carboxylic acids is 2. The number of alkyl carbamates (subject to hydrolysis) is 1. The highest BCUT2D eigenvalue weighted by atomic mass is 16.6. The van der Waals surface area contributed by atoms with E-state index in [4.69, 9.17) is 69.0 Å². The van der Waals surface area contributed by atoms with E-state index >= 15 is 0 Å². The molecule has 0 radical (unpaired) electrons. The van der Waals surface area contributed by atoms with Crippen LogP contribution in [0.4, 0.5) is 10.5 Å². The van der Waals surface area contributed by atoms with Gasteiger partial charge in [-0.15, -0.1) is 0 Å². The van der Waals surface area contributed by atoms with Crippen molar-refractivity contribution in [2.75, 3.05) is 163 Å². The summed E-state index contributed by atoms with van der Waals surface area (Å²) < 4.78 is 55.0. The van der Waals surface area contributed by atoms with Crippen molar-refractivity contribution in [2.24, 2.45) is 22.8 Å². The molecule has 1 aromatic rings. The van der Waals surface area contributed by atoms with E-state index in [0.29, 0.717) is 196 Å². The molecule has 10 amide bonds. The molecule has 37 nitrogen and oxygen atoms in total. The van der Waals surface area contributed by atoms with Crippen LogP contribution in [-0.4, -0.2) is 269 Å². The Balaban J connectivity index is 2.44. The van der Waals surface area contributed by atoms with Crippen molar-refractivity contribution in [2.45, 2.75) is 213 Å². The number of anilines is 1. The van der Waals surface area contributed by atoms with Gasteiger partial charge in [0.1, 0.15) is 18.4 Å². The molecule has 0 spiro atoms.